The van der Waals surface area contributed by atoms with Crippen LogP contribution in [0.5, 0.6) is 0 Å². The van der Waals surface area contributed by atoms with Gasteiger partial charge in [-0.25, -0.2) is 9.78 Å². The zero-order chi connectivity index (χ0) is 17.5. The van der Waals surface area contributed by atoms with E-state index in [0.717, 1.165) is 29.9 Å². The maximum Gasteiger partial charge on any atom is 0.503 e. The first kappa shape index (κ1) is 18.5. The molecule has 132 valence electrons. The Labute approximate surface area is 143 Å². The number of hydrogen-bond donors (Lipinski definition) is 5. The van der Waals surface area contributed by atoms with Crippen LogP contribution in [0.4, 0.5) is 10.6 Å². The molecule has 2 atom stereocenters. The number of hydrogen-bond acceptors (Lipinski definition) is 6. The maximum absolute atomic E-state index is 11.4. The zero-order valence-corrected chi connectivity index (χ0v) is 13.9. The zero-order valence-electron chi connectivity index (χ0n) is 13.1. The Morgan fingerprint density at radius 1 is 1.33 bits per heavy atom. The fraction of sp³-hybridized carbons (Fsp3) is 0.533. The van der Waals surface area contributed by atoms with Gasteiger partial charge in [0.25, 0.3) is 0 Å². The van der Waals surface area contributed by atoms with Crippen molar-refractivity contribution < 1.29 is 24.9 Å². The molecular formula is C15H21N3O5S. The second-order valence-corrected chi connectivity index (χ2v) is 6.63. The van der Waals surface area contributed by atoms with Crippen LogP contribution in [-0.4, -0.2) is 50.3 Å². The largest absolute Gasteiger partial charge is 0.503 e. The van der Waals surface area contributed by atoms with Gasteiger partial charge in [-0.15, -0.1) is 11.8 Å². The Bertz CT molecular complexity index is 594. The normalized spacial score (nSPS) is 22.6. The van der Waals surface area contributed by atoms with Crippen LogP contribution in [0, 0.1) is 0 Å². The summed E-state index contributed by atoms with van der Waals surface area (Å²) in [4.78, 5) is 25.4. The molecule has 1 fully saturated rings. The molecule has 8 nitrogen and oxygen atoms in total. The molecule has 1 saturated carbocycles. The Kier molecular flexibility index (Phi) is 6.83. The summed E-state index contributed by atoms with van der Waals surface area (Å²) in [7, 11) is 0. The van der Waals surface area contributed by atoms with Gasteiger partial charge in [-0.1, -0.05) is 12.8 Å². The fourth-order valence-electron chi connectivity index (χ4n) is 2.69. The van der Waals surface area contributed by atoms with Crippen LogP contribution in [0.1, 0.15) is 31.4 Å². The highest BCUT2D eigenvalue weighted by molar-refractivity contribution is 8.00. The van der Waals surface area contributed by atoms with Crippen LogP contribution in [-0.2, 0) is 11.3 Å². The average Bonchev–Trinajstić information content (AvgIpc) is 2.53. The lowest BCUT2D eigenvalue weighted by Crippen LogP contribution is -2.41. The van der Waals surface area contributed by atoms with E-state index in [1.165, 1.54) is 18.2 Å². The second kappa shape index (κ2) is 8.86. The number of amides is 1. The number of aliphatic hydroxyl groups excluding tert-OH is 1. The lowest BCUT2D eigenvalue weighted by Gasteiger charge is -2.28. The van der Waals surface area contributed by atoms with Crippen molar-refractivity contribution in [1.82, 2.24) is 10.3 Å². The van der Waals surface area contributed by atoms with Crippen molar-refractivity contribution >= 4 is 29.6 Å². The summed E-state index contributed by atoms with van der Waals surface area (Å²) in [5, 5.41) is 30.0. The number of carbonyl (C=O) groups excluding carboxylic acids is 1. The smallest absolute Gasteiger partial charge is 0.450 e. The molecule has 24 heavy (non-hydrogen) atoms. The molecule has 1 aliphatic heterocycles. The molecule has 0 aromatic carbocycles. The van der Waals surface area contributed by atoms with E-state index in [4.69, 9.17) is 15.0 Å². The number of aliphatic hydroxyl groups is 1. The van der Waals surface area contributed by atoms with Crippen LogP contribution in [0.2, 0.25) is 0 Å². The van der Waals surface area contributed by atoms with Gasteiger partial charge in [-0.05, 0) is 25.0 Å². The van der Waals surface area contributed by atoms with Gasteiger partial charge in [0.15, 0.2) is 0 Å². The molecule has 0 radical (unpaired) electrons. The van der Waals surface area contributed by atoms with E-state index in [9.17, 15) is 9.90 Å². The lowest BCUT2D eigenvalue weighted by molar-refractivity contribution is -0.113. The van der Waals surface area contributed by atoms with Crippen molar-refractivity contribution in [1.29, 1.82) is 0 Å². The third-order valence-electron chi connectivity index (χ3n) is 3.81. The number of carbonyl (C=O) groups is 2. The minimum atomic E-state index is -1.83. The first-order chi connectivity index (χ1) is 11.5. The van der Waals surface area contributed by atoms with Crippen molar-refractivity contribution in [2.24, 2.45) is 0 Å². The fourth-order valence-corrected chi connectivity index (χ4v) is 3.44. The first-order valence-corrected chi connectivity index (χ1v) is 8.70. The van der Waals surface area contributed by atoms with Gasteiger partial charge in [0.05, 0.1) is 22.4 Å². The summed E-state index contributed by atoms with van der Waals surface area (Å²) in [5.41, 5.74) is 0.893. The average molecular weight is 355 g/mol. The molecule has 1 aromatic rings. The molecule has 1 aliphatic carbocycles. The molecule has 0 spiro atoms. The summed E-state index contributed by atoms with van der Waals surface area (Å²) in [6.45, 7) is 0.621. The van der Waals surface area contributed by atoms with Gasteiger partial charge < -0.3 is 26.0 Å². The Hall–Kier alpha value is -1.84. The van der Waals surface area contributed by atoms with Gasteiger partial charge in [0, 0.05) is 12.6 Å². The van der Waals surface area contributed by atoms with Gasteiger partial charge in [-0.2, -0.15) is 0 Å². The van der Waals surface area contributed by atoms with E-state index in [1.54, 1.807) is 0 Å². The summed E-state index contributed by atoms with van der Waals surface area (Å²) in [5.74, 6) is 1.12. The summed E-state index contributed by atoms with van der Waals surface area (Å²) >= 11 is 1.52. The van der Waals surface area contributed by atoms with Crippen LogP contribution in [0.15, 0.2) is 17.0 Å². The van der Waals surface area contributed by atoms with Crippen molar-refractivity contribution in [3.8, 4) is 0 Å². The van der Waals surface area contributed by atoms with Gasteiger partial charge in [-0.3, -0.25) is 4.79 Å². The number of fused-ring (bicyclic) bond motifs is 1. The second-order valence-electron chi connectivity index (χ2n) is 5.61. The summed E-state index contributed by atoms with van der Waals surface area (Å²) in [6, 6.07) is 4.14. The number of aromatic nitrogens is 1. The highest BCUT2D eigenvalue weighted by Crippen LogP contribution is 2.29. The van der Waals surface area contributed by atoms with E-state index in [-0.39, 0.29) is 18.1 Å². The number of nitrogens with zero attached hydrogens (tertiary/aromatic N) is 1. The predicted octanol–water partition coefficient (Wildman–Crippen LogP) is 1.74. The van der Waals surface area contributed by atoms with Crippen molar-refractivity contribution in [2.75, 3.05) is 11.1 Å². The predicted molar refractivity (Wildman–Crippen MR) is 89.3 cm³/mol. The van der Waals surface area contributed by atoms with Crippen LogP contribution in [0.25, 0.3) is 0 Å². The van der Waals surface area contributed by atoms with Gasteiger partial charge >= 0.3 is 6.16 Å². The van der Waals surface area contributed by atoms with E-state index in [1.807, 2.05) is 12.1 Å². The highest BCUT2D eigenvalue weighted by Gasteiger charge is 2.22. The van der Waals surface area contributed by atoms with E-state index < -0.39 is 6.16 Å². The number of pyridine rings is 1. The van der Waals surface area contributed by atoms with Gasteiger partial charge in [0.1, 0.15) is 5.82 Å². The molecule has 0 saturated heterocycles. The van der Waals surface area contributed by atoms with Crippen molar-refractivity contribution in [2.45, 2.75) is 49.3 Å². The van der Waals surface area contributed by atoms with Crippen LogP contribution in [0.3, 0.4) is 0 Å². The lowest BCUT2D eigenvalue weighted by atomic mass is 9.92. The Balaban J connectivity index is 0.000000471. The molecule has 1 aromatic heterocycles. The molecule has 9 heteroatoms. The third-order valence-corrected chi connectivity index (χ3v) is 4.85. The van der Waals surface area contributed by atoms with Crippen molar-refractivity contribution in [3.63, 3.8) is 0 Å². The first-order valence-electron chi connectivity index (χ1n) is 7.71. The highest BCUT2D eigenvalue weighted by atomic mass is 32.2. The SMILES string of the molecule is O=C(O)O.O=C1CSc2ccc(CN[C@@H]3CCCC[C@@H]3O)nc2N1. The molecule has 5 N–H and O–H groups in total. The summed E-state index contributed by atoms with van der Waals surface area (Å²) in [6.07, 6.45) is 2.08. The van der Waals surface area contributed by atoms with E-state index in [2.05, 4.69) is 15.6 Å². The number of carboxylic acid groups (broad SMARTS) is 2. The molecule has 0 unspecified atom stereocenters. The monoisotopic (exact) mass is 355 g/mol. The quantitative estimate of drug-likeness (QED) is 0.554. The van der Waals surface area contributed by atoms with Crippen LogP contribution >= 0.6 is 11.8 Å². The topological polar surface area (TPSA) is 132 Å². The van der Waals surface area contributed by atoms with E-state index >= 15 is 0 Å². The standard InChI is InChI=1S/C14H19N3O2S.CH2O3/c18-11-4-2-1-3-10(11)15-7-9-5-6-12-14(16-9)17-13(19)8-20-12;2-1(3)4/h5-6,10-11,15,18H,1-4,7-8H2,(H,16,17,19);(H2,2,3,4)/t10-,11+;/m1./s1. The number of thioether (sulfide) groups is 1. The van der Waals surface area contributed by atoms with Crippen LogP contribution < -0.4 is 10.6 Å². The van der Waals surface area contributed by atoms with E-state index in [0.29, 0.717) is 18.1 Å². The molecule has 2 heterocycles. The number of nitrogens with one attached hydrogen (secondary N) is 2. The number of rotatable bonds is 3. The molecule has 3 rings (SSSR count). The van der Waals surface area contributed by atoms with Crippen molar-refractivity contribution in [3.05, 3.63) is 17.8 Å². The Morgan fingerprint density at radius 2 is 2.04 bits per heavy atom. The molecule has 0 bridgehead atoms. The minimum Gasteiger partial charge on any atom is -0.450 e. The summed E-state index contributed by atoms with van der Waals surface area (Å²) < 4.78 is 0. The van der Waals surface area contributed by atoms with Gasteiger partial charge in [0.2, 0.25) is 5.91 Å². The third kappa shape index (κ3) is 5.66. The maximum atomic E-state index is 11.4. The minimum absolute atomic E-state index is 0.00260. The molecule has 2 aliphatic rings. The molecule has 1 amide bonds. The molecular weight excluding hydrogens is 334 g/mol. The Morgan fingerprint density at radius 3 is 2.75 bits per heavy atom. The number of anilines is 1.